The van der Waals surface area contributed by atoms with E-state index in [1.165, 1.54) is 11.3 Å². The molecule has 0 bridgehead atoms. The highest BCUT2D eigenvalue weighted by Crippen LogP contribution is 2.27. The zero-order chi connectivity index (χ0) is 11.4. The summed E-state index contributed by atoms with van der Waals surface area (Å²) in [6, 6.07) is 8.53. The first-order valence-corrected chi connectivity index (χ1v) is 7.22. The monoisotopic (exact) mass is 237 g/mol. The first kappa shape index (κ1) is 11.8. The Labute approximate surface area is 101 Å². The minimum absolute atomic E-state index is 0.208. The lowest BCUT2D eigenvalue weighted by Gasteiger charge is -2.18. The Morgan fingerprint density at radius 3 is 3.06 bits per heavy atom. The van der Waals surface area contributed by atoms with E-state index >= 15 is 0 Å². The van der Waals surface area contributed by atoms with E-state index in [1.807, 2.05) is 17.8 Å². The van der Waals surface area contributed by atoms with Crippen LogP contribution in [0.15, 0.2) is 24.3 Å². The Kier molecular flexibility index (Phi) is 4.13. The van der Waals surface area contributed by atoms with Crippen molar-refractivity contribution in [2.24, 2.45) is 0 Å². The van der Waals surface area contributed by atoms with Crippen molar-refractivity contribution in [1.29, 1.82) is 0 Å². The maximum absolute atomic E-state index is 10.1. The van der Waals surface area contributed by atoms with Gasteiger partial charge in [0.1, 0.15) is 0 Å². The maximum atomic E-state index is 10.1. The predicted molar refractivity (Wildman–Crippen MR) is 71.2 cm³/mol. The highest BCUT2D eigenvalue weighted by Gasteiger charge is 2.25. The van der Waals surface area contributed by atoms with E-state index in [-0.39, 0.29) is 12.1 Å². The molecule has 88 valence electrons. The molecule has 1 aromatic rings. The minimum atomic E-state index is -0.223. The zero-order valence-electron chi connectivity index (χ0n) is 9.65. The van der Waals surface area contributed by atoms with Crippen molar-refractivity contribution >= 4 is 17.4 Å². The van der Waals surface area contributed by atoms with E-state index in [4.69, 9.17) is 0 Å². The highest BCUT2D eigenvalue weighted by molar-refractivity contribution is 7.98. The van der Waals surface area contributed by atoms with Crippen molar-refractivity contribution in [2.75, 3.05) is 17.3 Å². The average Bonchev–Trinajstić information content (AvgIpc) is 2.73. The molecule has 0 amide bonds. The SMILES string of the molecule is CSCCCC(O)C1Cc2ccccc2N1. The van der Waals surface area contributed by atoms with Gasteiger partial charge in [-0.3, -0.25) is 0 Å². The molecule has 2 unspecified atom stereocenters. The molecule has 0 radical (unpaired) electrons. The lowest BCUT2D eigenvalue weighted by Crippen LogP contribution is -2.31. The molecule has 2 atom stereocenters. The number of para-hydroxylation sites is 1. The van der Waals surface area contributed by atoms with E-state index in [1.54, 1.807) is 0 Å². The summed E-state index contributed by atoms with van der Waals surface area (Å²) in [5, 5.41) is 13.5. The zero-order valence-corrected chi connectivity index (χ0v) is 10.5. The summed E-state index contributed by atoms with van der Waals surface area (Å²) in [6.07, 6.45) is 4.83. The maximum Gasteiger partial charge on any atom is 0.0744 e. The second kappa shape index (κ2) is 5.60. The summed E-state index contributed by atoms with van der Waals surface area (Å²) in [7, 11) is 0. The molecule has 1 heterocycles. The second-order valence-corrected chi connectivity index (χ2v) is 5.30. The van der Waals surface area contributed by atoms with E-state index in [9.17, 15) is 5.11 Å². The van der Waals surface area contributed by atoms with E-state index in [0.29, 0.717) is 0 Å². The fraction of sp³-hybridized carbons (Fsp3) is 0.538. The van der Waals surface area contributed by atoms with Crippen molar-refractivity contribution in [1.82, 2.24) is 0 Å². The number of hydrogen-bond acceptors (Lipinski definition) is 3. The molecule has 1 aliphatic rings. The molecule has 2 nitrogen and oxygen atoms in total. The average molecular weight is 237 g/mol. The summed E-state index contributed by atoms with van der Waals surface area (Å²) in [4.78, 5) is 0. The van der Waals surface area contributed by atoms with Gasteiger partial charge in [-0.05, 0) is 42.9 Å². The third-order valence-corrected chi connectivity index (χ3v) is 3.81. The van der Waals surface area contributed by atoms with E-state index in [2.05, 4.69) is 29.8 Å². The number of benzene rings is 1. The van der Waals surface area contributed by atoms with Crippen molar-refractivity contribution in [2.45, 2.75) is 31.4 Å². The largest absolute Gasteiger partial charge is 0.391 e. The van der Waals surface area contributed by atoms with Crippen LogP contribution < -0.4 is 5.32 Å². The molecule has 0 saturated carbocycles. The predicted octanol–water partition coefficient (Wildman–Crippen LogP) is 2.53. The van der Waals surface area contributed by atoms with Crippen molar-refractivity contribution in [3.8, 4) is 0 Å². The number of thioether (sulfide) groups is 1. The first-order valence-electron chi connectivity index (χ1n) is 5.82. The van der Waals surface area contributed by atoms with Gasteiger partial charge in [-0.15, -0.1) is 0 Å². The van der Waals surface area contributed by atoms with Crippen LogP contribution >= 0.6 is 11.8 Å². The van der Waals surface area contributed by atoms with Crippen LogP contribution in [0.1, 0.15) is 18.4 Å². The number of aliphatic hydroxyl groups is 1. The highest BCUT2D eigenvalue weighted by atomic mass is 32.2. The van der Waals surface area contributed by atoms with Gasteiger partial charge in [0, 0.05) is 5.69 Å². The van der Waals surface area contributed by atoms with Crippen LogP contribution in [-0.2, 0) is 6.42 Å². The summed E-state index contributed by atoms with van der Waals surface area (Å²) >= 11 is 1.84. The van der Waals surface area contributed by atoms with Crippen molar-refractivity contribution in [3.05, 3.63) is 29.8 Å². The number of anilines is 1. The first-order chi connectivity index (χ1) is 7.81. The van der Waals surface area contributed by atoms with Gasteiger partial charge in [0.2, 0.25) is 0 Å². The fourth-order valence-electron chi connectivity index (χ4n) is 2.20. The summed E-state index contributed by atoms with van der Waals surface area (Å²) < 4.78 is 0. The van der Waals surface area contributed by atoms with E-state index in [0.717, 1.165) is 25.0 Å². The molecule has 1 aliphatic heterocycles. The van der Waals surface area contributed by atoms with Crippen LogP contribution in [0.2, 0.25) is 0 Å². The third kappa shape index (κ3) is 2.71. The Morgan fingerprint density at radius 1 is 1.50 bits per heavy atom. The molecule has 16 heavy (non-hydrogen) atoms. The normalized spacial score (nSPS) is 20.2. The van der Waals surface area contributed by atoms with E-state index < -0.39 is 0 Å². The lowest BCUT2D eigenvalue weighted by molar-refractivity contribution is 0.144. The molecule has 0 spiro atoms. The van der Waals surface area contributed by atoms with Gasteiger partial charge in [0.05, 0.1) is 12.1 Å². The molecule has 0 aliphatic carbocycles. The van der Waals surface area contributed by atoms with Gasteiger partial charge in [-0.2, -0.15) is 11.8 Å². The van der Waals surface area contributed by atoms with Crippen LogP contribution in [-0.4, -0.2) is 29.3 Å². The third-order valence-electron chi connectivity index (χ3n) is 3.11. The molecular weight excluding hydrogens is 218 g/mol. The summed E-state index contributed by atoms with van der Waals surface area (Å²) in [5.74, 6) is 1.14. The van der Waals surface area contributed by atoms with Crippen LogP contribution in [0.5, 0.6) is 0 Å². The molecule has 2 N–H and O–H groups in total. The van der Waals surface area contributed by atoms with Crippen LogP contribution in [0.25, 0.3) is 0 Å². The van der Waals surface area contributed by atoms with Crippen molar-refractivity contribution in [3.63, 3.8) is 0 Å². The number of aliphatic hydroxyl groups excluding tert-OH is 1. The van der Waals surface area contributed by atoms with Gasteiger partial charge in [-0.25, -0.2) is 0 Å². The Hall–Kier alpha value is -0.670. The summed E-state index contributed by atoms with van der Waals surface area (Å²) in [6.45, 7) is 0. The van der Waals surface area contributed by atoms with Crippen molar-refractivity contribution < 1.29 is 5.11 Å². The summed E-state index contributed by atoms with van der Waals surface area (Å²) in [5.41, 5.74) is 2.52. The number of fused-ring (bicyclic) bond motifs is 1. The smallest absolute Gasteiger partial charge is 0.0744 e. The Balaban J connectivity index is 1.86. The minimum Gasteiger partial charge on any atom is -0.391 e. The number of nitrogens with one attached hydrogen (secondary N) is 1. The second-order valence-electron chi connectivity index (χ2n) is 4.31. The van der Waals surface area contributed by atoms with Gasteiger partial charge >= 0.3 is 0 Å². The number of rotatable bonds is 5. The van der Waals surface area contributed by atoms with Gasteiger partial charge in [-0.1, -0.05) is 18.2 Å². The number of hydrogen-bond donors (Lipinski definition) is 2. The van der Waals surface area contributed by atoms with Gasteiger partial charge in [0.25, 0.3) is 0 Å². The molecule has 3 heteroatoms. The fourth-order valence-corrected chi connectivity index (χ4v) is 2.65. The van der Waals surface area contributed by atoms with Gasteiger partial charge < -0.3 is 10.4 Å². The van der Waals surface area contributed by atoms with Crippen LogP contribution in [0, 0.1) is 0 Å². The van der Waals surface area contributed by atoms with Crippen LogP contribution in [0.4, 0.5) is 5.69 Å². The molecule has 0 saturated heterocycles. The molecule has 0 aromatic heterocycles. The standard InChI is InChI=1S/C13H19NOS/c1-16-8-4-7-13(15)12-9-10-5-2-3-6-11(10)14-12/h2-3,5-6,12-15H,4,7-9H2,1H3. The lowest BCUT2D eigenvalue weighted by atomic mass is 10.0. The molecule has 2 rings (SSSR count). The van der Waals surface area contributed by atoms with Gasteiger partial charge in [0.15, 0.2) is 0 Å². The quantitative estimate of drug-likeness (QED) is 0.772. The molecule has 0 fully saturated rings. The topological polar surface area (TPSA) is 32.3 Å². The van der Waals surface area contributed by atoms with Crippen LogP contribution in [0.3, 0.4) is 0 Å². The molecular formula is C13H19NOS. The molecule has 1 aromatic carbocycles. The Morgan fingerprint density at radius 2 is 2.31 bits per heavy atom. The Bertz CT molecular complexity index is 317.